The van der Waals surface area contributed by atoms with Crippen LogP contribution in [0.15, 0.2) is 18.5 Å². The van der Waals surface area contributed by atoms with E-state index in [-0.39, 0.29) is 5.75 Å². The minimum Gasteiger partial charge on any atom is -0.338 e. The van der Waals surface area contributed by atoms with E-state index < -0.39 is 10.0 Å². The lowest BCUT2D eigenvalue weighted by Gasteiger charge is -2.33. The zero-order chi connectivity index (χ0) is 14.4. The number of unbranched alkanes of at least 4 members (excludes halogenated alkanes) is 1. The van der Waals surface area contributed by atoms with Crippen molar-refractivity contribution in [3.8, 4) is 0 Å². The van der Waals surface area contributed by atoms with Gasteiger partial charge in [-0.25, -0.2) is 18.4 Å². The molecule has 0 spiro atoms. The van der Waals surface area contributed by atoms with E-state index in [1.54, 1.807) is 22.8 Å². The maximum Gasteiger partial charge on any atom is 0.225 e. The Morgan fingerprint density at radius 2 is 1.75 bits per heavy atom. The van der Waals surface area contributed by atoms with Gasteiger partial charge in [-0.05, 0) is 25.5 Å². The van der Waals surface area contributed by atoms with E-state index in [1.807, 2.05) is 4.90 Å². The summed E-state index contributed by atoms with van der Waals surface area (Å²) in [5, 5.41) is 0. The fourth-order valence-electron chi connectivity index (χ4n) is 2.18. The van der Waals surface area contributed by atoms with Crippen molar-refractivity contribution in [2.45, 2.75) is 12.8 Å². The number of piperazine rings is 1. The van der Waals surface area contributed by atoms with Gasteiger partial charge in [-0.3, -0.25) is 0 Å². The summed E-state index contributed by atoms with van der Waals surface area (Å²) in [5.41, 5.74) is 5.39. The number of hydrogen-bond donors (Lipinski definition) is 1. The molecule has 0 radical (unpaired) electrons. The average Bonchev–Trinajstić information content (AvgIpc) is 2.48. The van der Waals surface area contributed by atoms with E-state index in [4.69, 9.17) is 5.73 Å². The van der Waals surface area contributed by atoms with E-state index in [1.165, 1.54) is 0 Å². The van der Waals surface area contributed by atoms with Crippen LogP contribution < -0.4 is 10.6 Å². The van der Waals surface area contributed by atoms with E-state index in [9.17, 15) is 8.42 Å². The lowest BCUT2D eigenvalue weighted by molar-refractivity contribution is 0.382. The highest BCUT2D eigenvalue weighted by Gasteiger charge is 2.27. The van der Waals surface area contributed by atoms with Gasteiger partial charge in [0, 0.05) is 38.6 Å². The Labute approximate surface area is 119 Å². The Morgan fingerprint density at radius 1 is 1.10 bits per heavy atom. The van der Waals surface area contributed by atoms with Gasteiger partial charge < -0.3 is 10.6 Å². The predicted molar refractivity (Wildman–Crippen MR) is 77.9 cm³/mol. The van der Waals surface area contributed by atoms with Crippen molar-refractivity contribution in [2.75, 3.05) is 43.4 Å². The monoisotopic (exact) mass is 299 g/mol. The quantitative estimate of drug-likeness (QED) is 0.723. The molecule has 0 aliphatic carbocycles. The molecule has 0 bridgehead atoms. The van der Waals surface area contributed by atoms with Crippen LogP contribution >= 0.6 is 0 Å². The number of rotatable bonds is 6. The largest absolute Gasteiger partial charge is 0.338 e. The lowest BCUT2D eigenvalue weighted by atomic mass is 10.3. The van der Waals surface area contributed by atoms with Gasteiger partial charge in [0.2, 0.25) is 16.0 Å². The molecular formula is C12H21N5O2S. The van der Waals surface area contributed by atoms with E-state index in [0.717, 1.165) is 6.42 Å². The summed E-state index contributed by atoms with van der Waals surface area (Å²) in [4.78, 5) is 10.4. The molecule has 0 unspecified atom stereocenters. The summed E-state index contributed by atoms with van der Waals surface area (Å²) in [6, 6.07) is 1.77. The molecule has 1 aromatic heterocycles. The summed E-state index contributed by atoms with van der Waals surface area (Å²) >= 11 is 0. The maximum atomic E-state index is 12.1. The van der Waals surface area contributed by atoms with Crippen LogP contribution in [-0.2, 0) is 10.0 Å². The van der Waals surface area contributed by atoms with Gasteiger partial charge in [-0.1, -0.05) is 0 Å². The van der Waals surface area contributed by atoms with Crippen molar-refractivity contribution in [1.29, 1.82) is 0 Å². The van der Waals surface area contributed by atoms with Gasteiger partial charge >= 0.3 is 0 Å². The van der Waals surface area contributed by atoms with Crippen molar-refractivity contribution < 1.29 is 8.42 Å². The maximum absolute atomic E-state index is 12.1. The molecule has 1 aromatic rings. The van der Waals surface area contributed by atoms with E-state index in [2.05, 4.69) is 9.97 Å². The highest BCUT2D eigenvalue weighted by atomic mass is 32.2. The standard InChI is InChI=1S/C12H21N5O2S/c13-4-1-2-11-20(18,19)17-9-7-16(8-10-17)12-14-5-3-6-15-12/h3,5-6H,1-2,4,7-11,13H2. The molecule has 8 heteroatoms. The molecular weight excluding hydrogens is 278 g/mol. The Hall–Kier alpha value is -1.25. The molecule has 0 amide bonds. The molecule has 0 saturated carbocycles. The minimum absolute atomic E-state index is 0.187. The number of nitrogens with two attached hydrogens (primary N) is 1. The summed E-state index contributed by atoms with van der Waals surface area (Å²) in [5.74, 6) is 0.846. The molecule has 112 valence electrons. The van der Waals surface area contributed by atoms with Crippen LogP contribution in [0.25, 0.3) is 0 Å². The normalized spacial score (nSPS) is 17.4. The van der Waals surface area contributed by atoms with Crippen molar-refractivity contribution in [1.82, 2.24) is 14.3 Å². The first-order chi connectivity index (χ1) is 9.63. The second-order valence-corrected chi connectivity index (χ2v) is 6.84. The Bertz CT molecular complexity index is 500. The molecule has 2 rings (SSSR count). The first-order valence-electron chi connectivity index (χ1n) is 6.83. The summed E-state index contributed by atoms with van der Waals surface area (Å²) < 4.78 is 25.8. The number of anilines is 1. The van der Waals surface area contributed by atoms with Crippen LogP contribution in [0.4, 0.5) is 5.95 Å². The summed E-state index contributed by atoms with van der Waals surface area (Å²) in [6.45, 7) is 2.77. The van der Waals surface area contributed by atoms with Crippen molar-refractivity contribution in [3.63, 3.8) is 0 Å². The third-order valence-electron chi connectivity index (χ3n) is 3.32. The molecule has 1 fully saturated rings. The third-order valence-corrected chi connectivity index (χ3v) is 5.28. The van der Waals surface area contributed by atoms with Gasteiger partial charge in [0.05, 0.1) is 5.75 Å². The summed E-state index contributed by atoms with van der Waals surface area (Å²) in [6.07, 6.45) is 4.76. The topological polar surface area (TPSA) is 92.4 Å². The van der Waals surface area contributed by atoms with Crippen LogP contribution in [0, 0.1) is 0 Å². The number of nitrogens with zero attached hydrogens (tertiary/aromatic N) is 4. The minimum atomic E-state index is -3.15. The number of sulfonamides is 1. The van der Waals surface area contributed by atoms with E-state index in [0.29, 0.717) is 45.1 Å². The Kier molecular flexibility index (Phi) is 5.27. The van der Waals surface area contributed by atoms with Gasteiger partial charge in [-0.15, -0.1) is 0 Å². The first-order valence-corrected chi connectivity index (χ1v) is 8.44. The van der Waals surface area contributed by atoms with Crippen LogP contribution in [0.1, 0.15) is 12.8 Å². The molecule has 1 aliphatic rings. The fourth-order valence-corrected chi connectivity index (χ4v) is 3.73. The number of hydrogen-bond acceptors (Lipinski definition) is 6. The Morgan fingerprint density at radius 3 is 2.35 bits per heavy atom. The van der Waals surface area contributed by atoms with Crippen LogP contribution in [0.2, 0.25) is 0 Å². The van der Waals surface area contributed by atoms with Crippen molar-refractivity contribution in [2.24, 2.45) is 5.73 Å². The number of aromatic nitrogens is 2. The van der Waals surface area contributed by atoms with Gasteiger partial charge in [0.1, 0.15) is 0 Å². The molecule has 1 saturated heterocycles. The molecule has 20 heavy (non-hydrogen) atoms. The zero-order valence-electron chi connectivity index (χ0n) is 11.5. The highest BCUT2D eigenvalue weighted by molar-refractivity contribution is 7.89. The van der Waals surface area contributed by atoms with Crippen molar-refractivity contribution >= 4 is 16.0 Å². The molecule has 7 nitrogen and oxygen atoms in total. The molecule has 1 aliphatic heterocycles. The summed E-state index contributed by atoms with van der Waals surface area (Å²) in [7, 11) is -3.15. The van der Waals surface area contributed by atoms with Gasteiger partial charge in [-0.2, -0.15) is 4.31 Å². The average molecular weight is 299 g/mol. The smallest absolute Gasteiger partial charge is 0.225 e. The third kappa shape index (κ3) is 3.87. The van der Waals surface area contributed by atoms with Crippen molar-refractivity contribution in [3.05, 3.63) is 18.5 Å². The molecule has 2 N–H and O–H groups in total. The molecule has 2 heterocycles. The molecule has 0 atom stereocenters. The SMILES string of the molecule is NCCCCS(=O)(=O)N1CCN(c2ncccn2)CC1. The van der Waals surface area contributed by atoms with Crippen LogP contribution in [0.5, 0.6) is 0 Å². The lowest BCUT2D eigenvalue weighted by Crippen LogP contribution is -2.49. The van der Waals surface area contributed by atoms with E-state index >= 15 is 0 Å². The van der Waals surface area contributed by atoms with Gasteiger partial charge in [0.15, 0.2) is 0 Å². The highest BCUT2D eigenvalue weighted by Crippen LogP contribution is 2.13. The first kappa shape index (κ1) is 15.1. The van der Waals surface area contributed by atoms with Crippen LogP contribution in [-0.4, -0.2) is 61.2 Å². The van der Waals surface area contributed by atoms with Gasteiger partial charge in [0.25, 0.3) is 0 Å². The van der Waals surface area contributed by atoms with Crippen LogP contribution in [0.3, 0.4) is 0 Å². The second kappa shape index (κ2) is 6.96. The zero-order valence-corrected chi connectivity index (χ0v) is 12.3. The predicted octanol–water partition coefficient (Wildman–Crippen LogP) is -0.333. The molecule has 0 aromatic carbocycles. The second-order valence-electron chi connectivity index (χ2n) is 4.75. The fraction of sp³-hybridized carbons (Fsp3) is 0.667. The Balaban J connectivity index is 1.88.